The molecular weight excluding hydrogens is 570 g/mol. The number of rotatable bonds is 0. The van der Waals surface area contributed by atoms with Crippen molar-refractivity contribution in [3.8, 4) is 0 Å². The monoisotopic (exact) mass is 576 g/mol. The molecule has 1 heterocycles. The average Bonchev–Trinajstić information content (AvgIpc) is 2.99. The van der Waals surface area contributed by atoms with Gasteiger partial charge in [-0.1, -0.05) is 0 Å². The Morgan fingerprint density at radius 1 is 0.750 bits per heavy atom. The maximum absolute atomic E-state index is 3.87. The molecular formula is C18H10Br2Cl2SZr. The van der Waals surface area contributed by atoms with Crippen LogP contribution in [-0.2, 0) is 23.2 Å². The molecule has 0 nitrogen and oxygen atoms in total. The molecule has 0 saturated carbocycles. The summed E-state index contributed by atoms with van der Waals surface area (Å²) in [5.74, 6) is 0. The van der Waals surface area contributed by atoms with Gasteiger partial charge in [-0.2, -0.15) is 0 Å². The van der Waals surface area contributed by atoms with Crippen molar-refractivity contribution in [1.82, 2.24) is 0 Å². The fraction of sp³-hybridized carbons (Fsp3) is 0.111. The van der Waals surface area contributed by atoms with Crippen molar-refractivity contribution >= 4 is 55.8 Å². The zero-order valence-electron chi connectivity index (χ0n) is 12.2. The van der Waals surface area contributed by atoms with Gasteiger partial charge < -0.3 is 24.8 Å². The van der Waals surface area contributed by atoms with Crippen molar-refractivity contribution in [2.75, 3.05) is 0 Å². The van der Waals surface area contributed by atoms with E-state index in [1.165, 1.54) is 29.9 Å². The molecule has 120 valence electrons. The third-order valence-corrected chi connectivity index (χ3v) is 13.8. The number of allylic oxidation sites excluding steroid dienone is 2. The summed E-state index contributed by atoms with van der Waals surface area (Å²) in [6.07, 6.45) is 4.74. The molecule has 0 N–H and O–H groups in total. The standard InChI is InChI=1S/C18H10Br2S.2ClH.Zr/c19-13-7-11-3-1-5-17(15(11)9-13)21-18-6-2-4-12-8-14(20)10-16(12)18;;;/h1-10H;2*1H;/q;;;+2/p-2. The van der Waals surface area contributed by atoms with Crippen molar-refractivity contribution in [3.63, 3.8) is 0 Å². The summed E-state index contributed by atoms with van der Waals surface area (Å²) in [6.45, 7) is 0. The molecule has 2 aromatic carbocycles. The van der Waals surface area contributed by atoms with Crippen LogP contribution in [0.3, 0.4) is 0 Å². The molecule has 0 saturated heterocycles. The topological polar surface area (TPSA) is 0 Å². The first kappa shape index (κ1) is 19.5. The number of benzene rings is 2. The molecule has 0 spiro atoms. The Bertz CT molecular complexity index is 823. The molecule has 2 aliphatic carbocycles. The first-order valence-corrected chi connectivity index (χ1v) is 12.4. The summed E-state index contributed by atoms with van der Waals surface area (Å²) in [5.41, 5.74) is 5.98. The zero-order chi connectivity index (χ0) is 14.8. The Labute approximate surface area is 186 Å². The van der Waals surface area contributed by atoms with Gasteiger partial charge in [-0.05, 0) is 0 Å². The maximum atomic E-state index is 3.87. The first-order valence-electron chi connectivity index (χ1n) is 7.16. The fourth-order valence-electron chi connectivity index (χ4n) is 3.48. The molecule has 6 heteroatoms. The normalized spacial score (nSPS) is 21.4. The van der Waals surface area contributed by atoms with Crippen LogP contribution in [0.1, 0.15) is 29.5 Å². The van der Waals surface area contributed by atoms with Gasteiger partial charge in [-0.25, -0.2) is 0 Å². The van der Waals surface area contributed by atoms with E-state index in [9.17, 15) is 0 Å². The van der Waals surface area contributed by atoms with E-state index >= 15 is 0 Å². The van der Waals surface area contributed by atoms with E-state index < -0.39 is 23.2 Å². The Balaban J connectivity index is 0.000000845. The van der Waals surface area contributed by atoms with E-state index in [-0.39, 0.29) is 24.8 Å². The summed E-state index contributed by atoms with van der Waals surface area (Å²) in [7, 11) is 0. The SMILES string of the molecule is BrC1=Cc2c3cccc2[CH]1[Zr+2][CH]1C(Br)=Cc2c(cccc21)S3.[Cl-].[Cl-]. The van der Waals surface area contributed by atoms with Crippen LogP contribution in [0.2, 0.25) is 0 Å². The third-order valence-electron chi connectivity index (χ3n) is 4.49. The largest absolute Gasteiger partial charge is 1.00 e. The Morgan fingerprint density at radius 2 is 1.21 bits per heavy atom. The molecule has 0 fully saturated rings. The molecule has 2 unspecified atom stereocenters. The number of hydrogen-bond acceptors (Lipinski definition) is 1. The summed E-state index contributed by atoms with van der Waals surface area (Å²) >= 11 is 8.95. The van der Waals surface area contributed by atoms with Crippen molar-refractivity contribution in [2.45, 2.75) is 17.0 Å². The van der Waals surface area contributed by atoms with Gasteiger partial charge in [0.25, 0.3) is 0 Å². The van der Waals surface area contributed by atoms with Crippen molar-refractivity contribution < 1.29 is 48.0 Å². The van der Waals surface area contributed by atoms with Crippen molar-refractivity contribution in [3.05, 3.63) is 67.6 Å². The van der Waals surface area contributed by atoms with Gasteiger partial charge in [0.1, 0.15) is 0 Å². The maximum Gasteiger partial charge on any atom is -1.00 e. The van der Waals surface area contributed by atoms with Crippen molar-refractivity contribution in [2.24, 2.45) is 0 Å². The fourth-order valence-corrected chi connectivity index (χ4v) is 11.2. The van der Waals surface area contributed by atoms with Crippen molar-refractivity contribution in [1.29, 1.82) is 0 Å². The van der Waals surface area contributed by atoms with Crippen LogP contribution >= 0.6 is 43.6 Å². The summed E-state index contributed by atoms with van der Waals surface area (Å²) in [6, 6.07) is 13.7. The second kappa shape index (κ2) is 7.37. The zero-order valence-corrected chi connectivity index (χ0v) is 20.2. The van der Waals surface area contributed by atoms with Gasteiger partial charge >= 0.3 is 164 Å². The molecule has 2 aromatic rings. The van der Waals surface area contributed by atoms with Crippen LogP contribution in [0, 0.1) is 0 Å². The van der Waals surface area contributed by atoms with Gasteiger partial charge in [-0.15, -0.1) is 0 Å². The van der Waals surface area contributed by atoms with E-state index in [1.807, 2.05) is 11.8 Å². The molecule has 24 heavy (non-hydrogen) atoms. The van der Waals surface area contributed by atoms with E-state index in [0.29, 0.717) is 7.25 Å². The summed E-state index contributed by atoms with van der Waals surface area (Å²) in [4.78, 5) is 2.78. The Morgan fingerprint density at radius 3 is 1.67 bits per heavy atom. The van der Waals surface area contributed by atoms with Gasteiger partial charge in [0, 0.05) is 0 Å². The third kappa shape index (κ3) is 2.90. The second-order valence-corrected chi connectivity index (χ2v) is 12.3. The molecule has 0 aromatic heterocycles. The molecule has 5 rings (SSSR count). The Kier molecular flexibility index (Phi) is 5.97. The predicted molar refractivity (Wildman–Crippen MR) is 96.3 cm³/mol. The molecule has 2 atom stereocenters. The Hall–Kier alpha value is 0.693. The number of halogens is 4. The first-order chi connectivity index (χ1) is 10.7. The minimum Gasteiger partial charge on any atom is -1.00 e. The van der Waals surface area contributed by atoms with Crippen LogP contribution in [0.15, 0.2) is 55.2 Å². The molecule has 0 radical (unpaired) electrons. The van der Waals surface area contributed by atoms with Gasteiger partial charge in [0.15, 0.2) is 0 Å². The smallest absolute Gasteiger partial charge is 1.00 e. The second-order valence-electron chi connectivity index (χ2n) is 5.71. The number of hydrogen-bond donors (Lipinski definition) is 0. The minimum absolute atomic E-state index is 0. The van der Waals surface area contributed by atoms with Crippen LogP contribution < -0.4 is 24.8 Å². The van der Waals surface area contributed by atoms with E-state index in [4.69, 9.17) is 0 Å². The predicted octanol–water partition coefficient (Wildman–Crippen LogP) is 0.523. The van der Waals surface area contributed by atoms with E-state index in [2.05, 4.69) is 80.4 Å². The minimum atomic E-state index is -0.711. The van der Waals surface area contributed by atoms with Crippen LogP contribution in [-0.4, -0.2) is 0 Å². The molecule has 0 amide bonds. The molecule has 3 aliphatic rings. The van der Waals surface area contributed by atoms with Gasteiger partial charge in [0.2, 0.25) is 0 Å². The van der Waals surface area contributed by atoms with E-state index in [0.717, 1.165) is 0 Å². The van der Waals surface area contributed by atoms with Crippen LogP contribution in [0.5, 0.6) is 0 Å². The summed E-state index contributed by atoms with van der Waals surface area (Å²) in [5, 5.41) is 0. The van der Waals surface area contributed by atoms with Crippen LogP contribution in [0.4, 0.5) is 0 Å². The molecule has 1 aliphatic heterocycles. The average molecular weight is 580 g/mol. The quantitative estimate of drug-likeness (QED) is 0.439. The van der Waals surface area contributed by atoms with Crippen LogP contribution in [0.25, 0.3) is 12.2 Å². The summed E-state index contributed by atoms with van der Waals surface area (Å²) < 4.78 is 4.06. The van der Waals surface area contributed by atoms with Gasteiger partial charge in [0.05, 0.1) is 0 Å². The van der Waals surface area contributed by atoms with Gasteiger partial charge in [-0.3, -0.25) is 0 Å². The van der Waals surface area contributed by atoms with E-state index in [1.54, 1.807) is 11.1 Å². The molecule has 8 bridgehead atoms.